The molecule has 0 bridgehead atoms. The number of amides is 1. The number of halogens is 2. The minimum absolute atomic E-state index is 0.0167. The molecule has 118 valence electrons. The number of aliphatic hydroxyl groups excluding tert-OH is 1. The Labute approximate surface area is 125 Å². The minimum Gasteiger partial charge on any atom is -0.491 e. The molecule has 0 spiro atoms. The Morgan fingerprint density at radius 3 is 2.91 bits per heavy atom. The average Bonchev–Trinajstić information content (AvgIpc) is 2.99. The van der Waals surface area contributed by atoms with E-state index in [1.54, 1.807) is 17.0 Å². The molecule has 1 unspecified atom stereocenters. The van der Waals surface area contributed by atoms with Crippen LogP contribution in [0.4, 0.5) is 8.78 Å². The lowest BCUT2D eigenvalue weighted by Gasteiger charge is -2.13. The van der Waals surface area contributed by atoms with Crippen LogP contribution in [0.2, 0.25) is 0 Å². The SMILES string of the molecule is O=C(Cn1ccnc1)NCC(O)COc1ccc(F)c(F)c1. The Balaban J connectivity index is 1.70. The van der Waals surface area contributed by atoms with Crippen molar-refractivity contribution in [2.24, 2.45) is 0 Å². The summed E-state index contributed by atoms with van der Waals surface area (Å²) in [4.78, 5) is 15.4. The van der Waals surface area contributed by atoms with Crippen LogP contribution in [0.5, 0.6) is 5.75 Å². The van der Waals surface area contributed by atoms with Crippen molar-refractivity contribution in [2.75, 3.05) is 13.2 Å². The standard InChI is InChI=1S/C14H15F2N3O3/c15-12-2-1-11(5-13(12)16)22-8-10(20)6-18-14(21)7-19-4-3-17-9-19/h1-5,9-10,20H,6-8H2,(H,18,21). The fourth-order valence-corrected chi connectivity index (χ4v) is 1.65. The zero-order chi connectivity index (χ0) is 15.9. The second-order valence-corrected chi connectivity index (χ2v) is 4.58. The predicted molar refractivity (Wildman–Crippen MR) is 73.1 cm³/mol. The normalized spacial score (nSPS) is 12.0. The Morgan fingerprint density at radius 1 is 1.41 bits per heavy atom. The maximum Gasteiger partial charge on any atom is 0.240 e. The van der Waals surface area contributed by atoms with Gasteiger partial charge >= 0.3 is 0 Å². The van der Waals surface area contributed by atoms with E-state index >= 15 is 0 Å². The molecule has 6 nitrogen and oxygen atoms in total. The molecular weight excluding hydrogens is 296 g/mol. The van der Waals surface area contributed by atoms with Gasteiger partial charge in [0.1, 0.15) is 25.0 Å². The maximum absolute atomic E-state index is 13.0. The summed E-state index contributed by atoms with van der Waals surface area (Å²) in [6, 6.07) is 3.08. The first-order chi connectivity index (χ1) is 10.5. The summed E-state index contributed by atoms with van der Waals surface area (Å²) in [5.41, 5.74) is 0. The molecule has 1 atom stereocenters. The van der Waals surface area contributed by atoms with Crippen molar-refractivity contribution in [3.8, 4) is 5.75 Å². The lowest BCUT2D eigenvalue weighted by atomic mass is 10.3. The summed E-state index contributed by atoms with van der Waals surface area (Å²) in [6.07, 6.45) is 3.72. The molecule has 0 fully saturated rings. The highest BCUT2D eigenvalue weighted by Crippen LogP contribution is 2.15. The van der Waals surface area contributed by atoms with Gasteiger partial charge in [-0.2, -0.15) is 0 Å². The zero-order valence-corrected chi connectivity index (χ0v) is 11.6. The predicted octanol–water partition coefficient (Wildman–Crippen LogP) is 0.717. The molecule has 1 heterocycles. The van der Waals surface area contributed by atoms with Gasteiger partial charge in [0.15, 0.2) is 11.6 Å². The van der Waals surface area contributed by atoms with E-state index in [-0.39, 0.29) is 31.4 Å². The van der Waals surface area contributed by atoms with Crippen LogP contribution in [0.3, 0.4) is 0 Å². The third-order valence-electron chi connectivity index (χ3n) is 2.75. The van der Waals surface area contributed by atoms with E-state index < -0.39 is 17.7 Å². The van der Waals surface area contributed by atoms with E-state index in [0.717, 1.165) is 12.1 Å². The van der Waals surface area contributed by atoms with Crippen molar-refractivity contribution in [1.82, 2.24) is 14.9 Å². The number of benzene rings is 1. The fourth-order valence-electron chi connectivity index (χ4n) is 1.65. The average molecular weight is 311 g/mol. The van der Waals surface area contributed by atoms with Crippen LogP contribution in [0.15, 0.2) is 36.9 Å². The van der Waals surface area contributed by atoms with Gasteiger partial charge in [-0.15, -0.1) is 0 Å². The smallest absolute Gasteiger partial charge is 0.240 e. The van der Waals surface area contributed by atoms with Crippen LogP contribution < -0.4 is 10.1 Å². The Bertz CT molecular complexity index is 620. The van der Waals surface area contributed by atoms with Crippen molar-refractivity contribution in [2.45, 2.75) is 12.6 Å². The highest BCUT2D eigenvalue weighted by Gasteiger charge is 2.09. The van der Waals surface area contributed by atoms with Crippen LogP contribution in [0.25, 0.3) is 0 Å². The quantitative estimate of drug-likeness (QED) is 0.790. The van der Waals surface area contributed by atoms with Gasteiger partial charge in [0.05, 0.1) is 6.33 Å². The van der Waals surface area contributed by atoms with Gasteiger partial charge in [0.2, 0.25) is 5.91 Å². The van der Waals surface area contributed by atoms with E-state index in [9.17, 15) is 18.7 Å². The summed E-state index contributed by atoms with van der Waals surface area (Å²) in [5.74, 6) is -2.19. The van der Waals surface area contributed by atoms with Crippen LogP contribution >= 0.6 is 0 Å². The number of aliphatic hydroxyl groups is 1. The Hall–Kier alpha value is -2.48. The second-order valence-electron chi connectivity index (χ2n) is 4.58. The third kappa shape index (κ3) is 4.81. The number of ether oxygens (including phenoxy) is 1. The Morgan fingerprint density at radius 2 is 2.23 bits per heavy atom. The zero-order valence-electron chi connectivity index (χ0n) is 11.6. The number of nitrogens with zero attached hydrogens (tertiary/aromatic N) is 2. The number of hydrogen-bond acceptors (Lipinski definition) is 4. The summed E-state index contributed by atoms with van der Waals surface area (Å²) < 4.78 is 32.4. The minimum atomic E-state index is -1.03. The van der Waals surface area contributed by atoms with Crippen molar-refractivity contribution >= 4 is 5.91 Å². The summed E-state index contributed by atoms with van der Waals surface area (Å²) in [6.45, 7) is -0.0790. The maximum atomic E-state index is 13.0. The largest absolute Gasteiger partial charge is 0.491 e. The highest BCUT2D eigenvalue weighted by molar-refractivity contribution is 5.75. The number of imidazole rings is 1. The molecule has 22 heavy (non-hydrogen) atoms. The van der Waals surface area contributed by atoms with E-state index in [4.69, 9.17) is 4.74 Å². The summed E-state index contributed by atoms with van der Waals surface area (Å²) >= 11 is 0. The van der Waals surface area contributed by atoms with Crippen LogP contribution in [0.1, 0.15) is 0 Å². The van der Waals surface area contributed by atoms with Gasteiger partial charge in [0.25, 0.3) is 0 Å². The summed E-state index contributed by atoms with van der Waals surface area (Å²) in [5, 5.41) is 12.2. The summed E-state index contributed by atoms with van der Waals surface area (Å²) in [7, 11) is 0. The molecule has 1 aromatic heterocycles. The second kappa shape index (κ2) is 7.51. The molecule has 8 heteroatoms. The topological polar surface area (TPSA) is 76.4 Å². The number of carbonyl (C=O) groups excluding carboxylic acids is 1. The molecule has 0 radical (unpaired) electrons. The first-order valence-corrected chi connectivity index (χ1v) is 6.53. The van der Waals surface area contributed by atoms with Crippen molar-refractivity contribution < 1.29 is 23.4 Å². The molecule has 0 saturated carbocycles. The molecule has 2 rings (SSSR count). The van der Waals surface area contributed by atoms with Gasteiger partial charge in [-0.3, -0.25) is 4.79 Å². The van der Waals surface area contributed by atoms with E-state index in [1.807, 2.05) is 0 Å². The Kier molecular flexibility index (Phi) is 5.42. The number of hydrogen-bond donors (Lipinski definition) is 2. The van der Waals surface area contributed by atoms with Gasteiger partial charge in [-0.1, -0.05) is 0 Å². The fraction of sp³-hybridized carbons (Fsp3) is 0.286. The molecule has 2 N–H and O–H groups in total. The molecular formula is C14H15F2N3O3. The monoisotopic (exact) mass is 311 g/mol. The molecule has 0 aliphatic rings. The number of carbonyl (C=O) groups is 1. The molecule has 2 aromatic rings. The first-order valence-electron chi connectivity index (χ1n) is 6.53. The molecule has 1 amide bonds. The van der Waals surface area contributed by atoms with E-state index in [0.29, 0.717) is 0 Å². The highest BCUT2D eigenvalue weighted by atomic mass is 19.2. The van der Waals surface area contributed by atoms with Gasteiger partial charge in [-0.05, 0) is 12.1 Å². The van der Waals surface area contributed by atoms with Crippen LogP contribution in [-0.2, 0) is 11.3 Å². The van der Waals surface area contributed by atoms with Crippen molar-refractivity contribution in [1.29, 1.82) is 0 Å². The van der Waals surface area contributed by atoms with Gasteiger partial charge < -0.3 is 19.7 Å². The van der Waals surface area contributed by atoms with Crippen LogP contribution in [0, 0.1) is 11.6 Å². The van der Waals surface area contributed by atoms with Gasteiger partial charge in [0, 0.05) is 25.0 Å². The van der Waals surface area contributed by atoms with E-state index in [1.165, 1.54) is 12.4 Å². The van der Waals surface area contributed by atoms with E-state index in [2.05, 4.69) is 10.3 Å². The number of rotatable bonds is 7. The van der Waals surface area contributed by atoms with Gasteiger partial charge in [-0.25, -0.2) is 13.8 Å². The van der Waals surface area contributed by atoms with Crippen molar-refractivity contribution in [3.05, 3.63) is 48.6 Å². The third-order valence-corrected chi connectivity index (χ3v) is 2.75. The first kappa shape index (κ1) is 15.9. The number of nitrogens with one attached hydrogen (secondary N) is 1. The molecule has 0 aliphatic heterocycles. The lowest BCUT2D eigenvalue weighted by molar-refractivity contribution is -0.122. The molecule has 0 aliphatic carbocycles. The molecule has 0 saturated heterocycles. The van der Waals surface area contributed by atoms with Crippen LogP contribution in [-0.4, -0.2) is 39.8 Å². The van der Waals surface area contributed by atoms with Crippen molar-refractivity contribution in [3.63, 3.8) is 0 Å². The number of aromatic nitrogens is 2. The molecule has 1 aromatic carbocycles. The lowest BCUT2D eigenvalue weighted by Crippen LogP contribution is -2.36.